The minimum Gasteiger partial charge on any atom is -0.366 e. The number of amides is 2. The Morgan fingerprint density at radius 3 is 2.41 bits per heavy atom. The molecule has 116 valence electrons. The van der Waals surface area contributed by atoms with Crippen LogP contribution in [-0.2, 0) is 11.8 Å². The summed E-state index contributed by atoms with van der Waals surface area (Å²) in [6.07, 6.45) is 0. The van der Waals surface area contributed by atoms with E-state index in [1.807, 2.05) is 18.5 Å². The number of thioether (sulfide) groups is 1. The summed E-state index contributed by atoms with van der Waals surface area (Å²) in [7, 11) is 1.85. The molecule has 1 heterocycles. The second kappa shape index (κ2) is 6.61. The molecule has 8 heteroatoms. The molecule has 0 bridgehead atoms. The molecular weight excluding hydrogens is 302 g/mol. The van der Waals surface area contributed by atoms with Gasteiger partial charge in [-0.25, -0.2) is 0 Å². The number of primary amides is 1. The van der Waals surface area contributed by atoms with E-state index in [9.17, 15) is 9.59 Å². The van der Waals surface area contributed by atoms with Crippen LogP contribution < -0.4 is 11.1 Å². The van der Waals surface area contributed by atoms with Gasteiger partial charge < -0.3 is 15.6 Å². The molecule has 2 aromatic rings. The van der Waals surface area contributed by atoms with Gasteiger partial charge in [0.25, 0.3) is 0 Å². The number of aryl methyl sites for hydroxylation is 1. The second-order valence-electron chi connectivity index (χ2n) is 4.78. The fourth-order valence-corrected chi connectivity index (χ4v) is 2.52. The molecule has 7 nitrogen and oxygen atoms in total. The van der Waals surface area contributed by atoms with Gasteiger partial charge in [0.05, 0.1) is 5.25 Å². The van der Waals surface area contributed by atoms with Gasteiger partial charge in [-0.1, -0.05) is 11.8 Å². The number of hydrogen-bond acceptors (Lipinski definition) is 5. The molecule has 0 fully saturated rings. The molecule has 1 aromatic carbocycles. The van der Waals surface area contributed by atoms with Crippen molar-refractivity contribution in [1.82, 2.24) is 14.8 Å². The summed E-state index contributed by atoms with van der Waals surface area (Å²) in [5, 5.41) is 11.1. The van der Waals surface area contributed by atoms with E-state index in [0.29, 0.717) is 16.4 Å². The zero-order chi connectivity index (χ0) is 16.3. The molecule has 0 saturated carbocycles. The molecule has 0 aliphatic rings. The maximum absolute atomic E-state index is 12.2. The molecular formula is C14H17N5O2S. The Morgan fingerprint density at radius 1 is 1.27 bits per heavy atom. The lowest BCUT2D eigenvalue weighted by Crippen LogP contribution is -2.23. The molecule has 2 rings (SSSR count). The Morgan fingerprint density at radius 2 is 1.91 bits per heavy atom. The Bertz CT molecular complexity index is 696. The maximum Gasteiger partial charge on any atom is 0.248 e. The van der Waals surface area contributed by atoms with Crippen LogP contribution in [0.3, 0.4) is 0 Å². The van der Waals surface area contributed by atoms with Crippen LogP contribution in [0.2, 0.25) is 0 Å². The number of hydrogen-bond donors (Lipinski definition) is 2. The van der Waals surface area contributed by atoms with Gasteiger partial charge in [0.2, 0.25) is 11.8 Å². The average molecular weight is 319 g/mol. The first-order valence-corrected chi connectivity index (χ1v) is 7.50. The Labute approximate surface area is 132 Å². The highest BCUT2D eigenvalue weighted by molar-refractivity contribution is 8.00. The largest absolute Gasteiger partial charge is 0.366 e. The van der Waals surface area contributed by atoms with Crippen molar-refractivity contribution in [2.45, 2.75) is 24.3 Å². The summed E-state index contributed by atoms with van der Waals surface area (Å²) in [6.45, 7) is 3.64. The van der Waals surface area contributed by atoms with Gasteiger partial charge in [-0.2, -0.15) is 0 Å². The van der Waals surface area contributed by atoms with Crippen molar-refractivity contribution in [2.24, 2.45) is 12.8 Å². The van der Waals surface area contributed by atoms with E-state index in [0.717, 1.165) is 5.82 Å². The lowest BCUT2D eigenvalue weighted by molar-refractivity contribution is -0.115. The highest BCUT2D eigenvalue weighted by Gasteiger charge is 2.18. The molecule has 0 radical (unpaired) electrons. The summed E-state index contributed by atoms with van der Waals surface area (Å²) >= 11 is 1.33. The third-order valence-electron chi connectivity index (χ3n) is 3.14. The number of nitrogens with one attached hydrogen (secondary N) is 1. The van der Waals surface area contributed by atoms with E-state index >= 15 is 0 Å². The second-order valence-corrected chi connectivity index (χ2v) is 6.09. The zero-order valence-corrected chi connectivity index (χ0v) is 13.3. The van der Waals surface area contributed by atoms with Crippen molar-refractivity contribution >= 4 is 29.3 Å². The van der Waals surface area contributed by atoms with E-state index in [-0.39, 0.29) is 11.2 Å². The van der Waals surface area contributed by atoms with Crippen LogP contribution in [0.5, 0.6) is 0 Å². The molecule has 22 heavy (non-hydrogen) atoms. The number of nitrogens with zero attached hydrogens (tertiary/aromatic N) is 3. The number of anilines is 1. The summed E-state index contributed by atoms with van der Waals surface area (Å²) < 4.78 is 1.83. The number of rotatable bonds is 5. The molecule has 1 aromatic heterocycles. The van der Waals surface area contributed by atoms with E-state index in [1.165, 1.54) is 11.8 Å². The standard InChI is InChI=1S/C14H17N5O2S/c1-8(22-14-18-17-9(2)19(14)3)13(21)16-11-6-4-10(5-7-11)12(15)20/h4-8H,1-3H3,(H2,15,20)(H,16,21). The summed E-state index contributed by atoms with van der Waals surface area (Å²) in [6, 6.07) is 6.42. The Kier molecular flexibility index (Phi) is 4.81. The lowest BCUT2D eigenvalue weighted by Gasteiger charge is -2.11. The predicted octanol–water partition coefficient (Wildman–Crippen LogP) is 1.34. The van der Waals surface area contributed by atoms with Crippen LogP contribution in [0.4, 0.5) is 5.69 Å². The van der Waals surface area contributed by atoms with Crippen LogP contribution >= 0.6 is 11.8 Å². The third-order valence-corrected chi connectivity index (χ3v) is 4.27. The van der Waals surface area contributed by atoms with Crippen LogP contribution in [0.1, 0.15) is 23.1 Å². The molecule has 2 amide bonds. The molecule has 0 saturated heterocycles. The topological polar surface area (TPSA) is 103 Å². The smallest absolute Gasteiger partial charge is 0.248 e. The SMILES string of the molecule is Cc1nnc(SC(C)C(=O)Nc2ccc(C(N)=O)cc2)n1C. The van der Waals surface area contributed by atoms with Gasteiger partial charge in [0.15, 0.2) is 5.16 Å². The van der Waals surface area contributed by atoms with E-state index in [1.54, 1.807) is 31.2 Å². The van der Waals surface area contributed by atoms with Gasteiger partial charge >= 0.3 is 0 Å². The molecule has 3 N–H and O–H groups in total. The van der Waals surface area contributed by atoms with Crippen molar-refractivity contribution < 1.29 is 9.59 Å². The number of benzene rings is 1. The number of carbonyl (C=O) groups is 2. The van der Waals surface area contributed by atoms with Gasteiger partial charge in [-0.3, -0.25) is 9.59 Å². The van der Waals surface area contributed by atoms with Crippen molar-refractivity contribution in [3.8, 4) is 0 Å². The van der Waals surface area contributed by atoms with E-state index < -0.39 is 5.91 Å². The monoisotopic (exact) mass is 319 g/mol. The highest BCUT2D eigenvalue weighted by atomic mass is 32.2. The van der Waals surface area contributed by atoms with Crippen molar-refractivity contribution in [3.05, 3.63) is 35.7 Å². The van der Waals surface area contributed by atoms with Crippen LogP contribution in [0.25, 0.3) is 0 Å². The van der Waals surface area contributed by atoms with Crippen LogP contribution in [0.15, 0.2) is 29.4 Å². The first-order chi connectivity index (χ1) is 10.4. The number of carbonyl (C=O) groups excluding carboxylic acids is 2. The van der Waals surface area contributed by atoms with Crippen LogP contribution in [0, 0.1) is 6.92 Å². The summed E-state index contributed by atoms with van der Waals surface area (Å²) in [5.74, 6) is 0.133. The molecule has 1 atom stereocenters. The highest BCUT2D eigenvalue weighted by Crippen LogP contribution is 2.22. The molecule has 0 aliphatic carbocycles. The van der Waals surface area contributed by atoms with Crippen molar-refractivity contribution in [1.29, 1.82) is 0 Å². The fourth-order valence-electron chi connectivity index (χ4n) is 1.66. The van der Waals surface area contributed by atoms with Crippen molar-refractivity contribution in [2.75, 3.05) is 5.32 Å². The average Bonchev–Trinajstić information content (AvgIpc) is 2.79. The van der Waals surface area contributed by atoms with Crippen molar-refractivity contribution in [3.63, 3.8) is 0 Å². The van der Waals surface area contributed by atoms with E-state index in [2.05, 4.69) is 15.5 Å². The van der Waals surface area contributed by atoms with E-state index in [4.69, 9.17) is 5.73 Å². The number of aromatic nitrogens is 3. The minimum atomic E-state index is -0.501. The van der Waals surface area contributed by atoms with Gasteiger partial charge in [0.1, 0.15) is 5.82 Å². The summed E-state index contributed by atoms with van der Waals surface area (Å²) in [5.41, 5.74) is 6.18. The van der Waals surface area contributed by atoms with Gasteiger partial charge in [-0.15, -0.1) is 10.2 Å². The quantitative estimate of drug-likeness (QED) is 0.810. The molecule has 1 unspecified atom stereocenters. The van der Waals surface area contributed by atoms with Crippen LogP contribution in [-0.4, -0.2) is 31.8 Å². The zero-order valence-electron chi connectivity index (χ0n) is 12.5. The first kappa shape index (κ1) is 16.0. The normalized spacial score (nSPS) is 12.0. The fraction of sp³-hybridized carbons (Fsp3) is 0.286. The first-order valence-electron chi connectivity index (χ1n) is 6.62. The Balaban J connectivity index is 1.99. The molecule has 0 aliphatic heterocycles. The third kappa shape index (κ3) is 3.64. The Hall–Kier alpha value is -2.35. The predicted molar refractivity (Wildman–Crippen MR) is 84.6 cm³/mol. The maximum atomic E-state index is 12.2. The molecule has 0 spiro atoms. The van der Waals surface area contributed by atoms with Gasteiger partial charge in [0, 0.05) is 18.3 Å². The number of nitrogens with two attached hydrogens (primary N) is 1. The lowest BCUT2D eigenvalue weighted by atomic mass is 10.2. The van der Waals surface area contributed by atoms with Gasteiger partial charge in [-0.05, 0) is 38.1 Å². The summed E-state index contributed by atoms with van der Waals surface area (Å²) in [4.78, 5) is 23.2. The minimum absolute atomic E-state index is 0.155.